The van der Waals surface area contributed by atoms with E-state index in [9.17, 15) is 9.59 Å². The van der Waals surface area contributed by atoms with Gasteiger partial charge in [0.1, 0.15) is 11.4 Å². The van der Waals surface area contributed by atoms with Crippen molar-refractivity contribution in [1.29, 1.82) is 0 Å². The van der Waals surface area contributed by atoms with Gasteiger partial charge in [0.05, 0.1) is 11.7 Å². The first-order chi connectivity index (χ1) is 15.1. The zero-order chi connectivity index (χ0) is 23.3. The van der Waals surface area contributed by atoms with Gasteiger partial charge >= 0.3 is 12.2 Å². The number of hydrogen-bond acceptors (Lipinski definition) is 4. The molecule has 0 saturated carbocycles. The number of carboxylic acid groups (broad SMARTS) is 1. The van der Waals surface area contributed by atoms with Crippen LogP contribution in [0.25, 0.3) is 11.3 Å². The standard InChI is InChI=1S/C24H28N4O4/c1-15-20(17-10-12-18(13-11-17)26-22(29)30)28-21(25-15)19(14-16-8-6-5-7-9-16)27-23(31)32-24(2,3)4/h5-13,19,26H,14H2,1-4H3,(H,25,28)(H,27,31)(H,29,30)/t19-/m0/s1. The molecule has 32 heavy (non-hydrogen) atoms. The fourth-order valence-electron chi connectivity index (χ4n) is 3.28. The highest BCUT2D eigenvalue weighted by atomic mass is 16.6. The third-order valence-corrected chi connectivity index (χ3v) is 4.62. The summed E-state index contributed by atoms with van der Waals surface area (Å²) in [5, 5.41) is 14.1. The van der Waals surface area contributed by atoms with E-state index in [0.717, 1.165) is 22.5 Å². The minimum atomic E-state index is -1.12. The van der Waals surface area contributed by atoms with Gasteiger partial charge in [0.25, 0.3) is 0 Å². The number of nitrogens with one attached hydrogen (secondary N) is 3. The molecule has 0 fully saturated rings. The SMILES string of the molecule is Cc1[nH]c([C@H](Cc2ccccc2)NC(=O)OC(C)(C)C)nc1-c1ccc(NC(=O)O)cc1. The molecule has 168 valence electrons. The Morgan fingerprint density at radius 1 is 1.09 bits per heavy atom. The Morgan fingerprint density at radius 3 is 2.34 bits per heavy atom. The van der Waals surface area contributed by atoms with E-state index in [-0.39, 0.29) is 0 Å². The minimum absolute atomic E-state index is 0.423. The average molecular weight is 437 g/mol. The molecule has 0 aliphatic rings. The number of aromatic amines is 1. The van der Waals surface area contributed by atoms with E-state index >= 15 is 0 Å². The van der Waals surface area contributed by atoms with Crippen LogP contribution in [0.4, 0.5) is 15.3 Å². The molecule has 0 aliphatic carbocycles. The molecule has 2 amide bonds. The normalized spacial score (nSPS) is 12.1. The first-order valence-corrected chi connectivity index (χ1v) is 10.3. The summed E-state index contributed by atoms with van der Waals surface area (Å²) in [5.74, 6) is 0.611. The fraction of sp³-hybridized carbons (Fsp3) is 0.292. The highest BCUT2D eigenvalue weighted by Gasteiger charge is 2.24. The Balaban J connectivity index is 1.87. The molecule has 4 N–H and O–H groups in total. The van der Waals surface area contributed by atoms with E-state index in [4.69, 9.17) is 14.8 Å². The number of rotatable bonds is 6. The molecule has 3 aromatic rings. The van der Waals surface area contributed by atoms with Crippen LogP contribution in [-0.2, 0) is 11.2 Å². The minimum Gasteiger partial charge on any atom is -0.465 e. The van der Waals surface area contributed by atoms with Crippen molar-refractivity contribution in [3.8, 4) is 11.3 Å². The van der Waals surface area contributed by atoms with Crippen LogP contribution in [0.3, 0.4) is 0 Å². The molecule has 2 aromatic carbocycles. The maximum atomic E-state index is 12.5. The van der Waals surface area contributed by atoms with Gasteiger partial charge < -0.3 is 20.1 Å². The van der Waals surface area contributed by atoms with Crippen molar-refractivity contribution in [3.05, 3.63) is 71.7 Å². The first kappa shape index (κ1) is 22.9. The number of anilines is 1. The number of H-pyrrole nitrogens is 1. The summed E-state index contributed by atoms with van der Waals surface area (Å²) >= 11 is 0. The number of carbonyl (C=O) groups excluding carboxylic acids is 1. The molecule has 1 aromatic heterocycles. The Bertz CT molecular complexity index is 1070. The van der Waals surface area contributed by atoms with Gasteiger partial charge in [-0.05, 0) is 45.4 Å². The van der Waals surface area contributed by atoms with E-state index in [2.05, 4.69) is 15.6 Å². The van der Waals surface area contributed by atoms with Crippen molar-refractivity contribution >= 4 is 17.9 Å². The lowest BCUT2D eigenvalue weighted by Crippen LogP contribution is -2.36. The molecular formula is C24H28N4O4. The molecule has 0 bridgehead atoms. The molecule has 3 rings (SSSR count). The molecule has 0 unspecified atom stereocenters. The molecule has 0 radical (unpaired) electrons. The van der Waals surface area contributed by atoms with Crippen molar-refractivity contribution in [2.45, 2.75) is 45.8 Å². The van der Waals surface area contributed by atoms with Crippen molar-refractivity contribution in [1.82, 2.24) is 15.3 Å². The monoisotopic (exact) mass is 436 g/mol. The number of carbonyl (C=O) groups is 2. The quantitative estimate of drug-likeness (QED) is 0.419. The number of nitrogens with zero attached hydrogens (tertiary/aromatic N) is 1. The second-order valence-electron chi connectivity index (χ2n) is 8.49. The second-order valence-corrected chi connectivity index (χ2v) is 8.49. The molecule has 0 saturated heterocycles. The number of amides is 2. The van der Waals surface area contributed by atoms with Gasteiger partial charge in [-0.1, -0.05) is 42.5 Å². The van der Waals surface area contributed by atoms with Crippen LogP contribution in [0.1, 0.15) is 43.9 Å². The topological polar surface area (TPSA) is 116 Å². The fourth-order valence-corrected chi connectivity index (χ4v) is 3.28. The average Bonchev–Trinajstić information content (AvgIpc) is 3.09. The molecule has 1 heterocycles. The molecular weight excluding hydrogens is 408 g/mol. The van der Waals surface area contributed by atoms with Gasteiger partial charge in [-0.3, -0.25) is 5.32 Å². The third kappa shape index (κ3) is 6.34. The lowest BCUT2D eigenvalue weighted by molar-refractivity contribution is 0.0501. The predicted molar refractivity (Wildman–Crippen MR) is 123 cm³/mol. The number of hydrogen-bond donors (Lipinski definition) is 4. The van der Waals surface area contributed by atoms with E-state index < -0.39 is 23.8 Å². The third-order valence-electron chi connectivity index (χ3n) is 4.62. The van der Waals surface area contributed by atoms with Crippen molar-refractivity contribution in [2.75, 3.05) is 5.32 Å². The first-order valence-electron chi connectivity index (χ1n) is 10.3. The van der Waals surface area contributed by atoms with Crippen LogP contribution in [0.5, 0.6) is 0 Å². The van der Waals surface area contributed by atoms with Gasteiger partial charge in [-0.25, -0.2) is 14.6 Å². The highest BCUT2D eigenvalue weighted by Crippen LogP contribution is 2.26. The number of aryl methyl sites for hydroxylation is 1. The Hall–Kier alpha value is -3.81. The van der Waals surface area contributed by atoms with Gasteiger partial charge in [-0.2, -0.15) is 0 Å². The number of imidazole rings is 1. The van der Waals surface area contributed by atoms with E-state index in [1.807, 2.05) is 58.0 Å². The molecule has 8 heteroatoms. The number of alkyl carbamates (subject to hydrolysis) is 1. The largest absolute Gasteiger partial charge is 0.465 e. The summed E-state index contributed by atoms with van der Waals surface area (Å²) in [7, 11) is 0. The van der Waals surface area contributed by atoms with E-state index in [1.165, 1.54) is 0 Å². The van der Waals surface area contributed by atoms with E-state index in [1.54, 1.807) is 24.3 Å². The van der Waals surface area contributed by atoms with Crippen LogP contribution >= 0.6 is 0 Å². The van der Waals surface area contributed by atoms with Gasteiger partial charge in [0, 0.05) is 23.4 Å². The summed E-state index contributed by atoms with van der Waals surface area (Å²) in [6, 6.07) is 16.4. The maximum Gasteiger partial charge on any atom is 0.409 e. The van der Waals surface area contributed by atoms with Crippen molar-refractivity contribution < 1.29 is 19.4 Å². The Morgan fingerprint density at radius 2 is 1.75 bits per heavy atom. The van der Waals surface area contributed by atoms with Gasteiger partial charge in [0.2, 0.25) is 0 Å². The van der Waals surface area contributed by atoms with Crippen LogP contribution in [0.2, 0.25) is 0 Å². The lowest BCUT2D eigenvalue weighted by atomic mass is 10.1. The molecule has 1 atom stereocenters. The number of aromatic nitrogens is 2. The molecule has 0 spiro atoms. The second kappa shape index (κ2) is 9.55. The number of ether oxygens (including phenoxy) is 1. The van der Waals surface area contributed by atoms with Crippen LogP contribution < -0.4 is 10.6 Å². The Labute approximate surface area is 187 Å². The highest BCUT2D eigenvalue weighted by molar-refractivity contribution is 5.83. The summed E-state index contributed by atoms with van der Waals surface area (Å²) in [6.07, 6.45) is -1.10. The Kier molecular flexibility index (Phi) is 6.82. The maximum absolute atomic E-state index is 12.5. The zero-order valence-corrected chi connectivity index (χ0v) is 18.6. The van der Waals surface area contributed by atoms with Crippen molar-refractivity contribution in [2.24, 2.45) is 0 Å². The lowest BCUT2D eigenvalue weighted by Gasteiger charge is -2.23. The van der Waals surface area contributed by atoms with Gasteiger partial charge in [-0.15, -0.1) is 0 Å². The van der Waals surface area contributed by atoms with E-state index in [0.29, 0.717) is 17.9 Å². The smallest absolute Gasteiger partial charge is 0.409 e. The summed E-state index contributed by atoms with van der Waals surface area (Å²) in [6.45, 7) is 7.35. The van der Waals surface area contributed by atoms with Crippen LogP contribution in [0.15, 0.2) is 54.6 Å². The molecule has 0 aliphatic heterocycles. The zero-order valence-electron chi connectivity index (χ0n) is 18.6. The summed E-state index contributed by atoms with van der Waals surface area (Å²) in [5.41, 5.74) is 3.30. The van der Waals surface area contributed by atoms with Gasteiger partial charge in [0.15, 0.2) is 0 Å². The predicted octanol–water partition coefficient (Wildman–Crippen LogP) is 5.28. The summed E-state index contributed by atoms with van der Waals surface area (Å²) in [4.78, 5) is 31.3. The van der Waals surface area contributed by atoms with Crippen LogP contribution in [-0.4, -0.2) is 32.9 Å². The van der Waals surface area contributed by atoms with Crippen LogP contribution in [0, 0.1) is 6.92 Å². The number of benzene rings is 2. The summed E-state index contributed by atoms with van der Waals surface area (Å²) < 4.78 is 5.45. The molecule has 8 nitrogen and oxygen atoms in total. The van der Waals surface area contributed by atoms with Crippen molar-refractivity contribution in [3.63, 3.8) is 0 Å².